The number of halogens is 3. The van der Waals surface area contributed by atoms with Crippen molar-refractivity contribution in [3.8, 4) is 0 Å². The minimum atomic E-state index is -4.60. The van der Waals surface area contributed by atoms with Crippen LogP contribution in [-0.4, -0.2) is 36.2 Å². The molecule has 172 valence electrons. The lowest BCUT2D eigenvalue weighted by Gasteiger charge is -2.37. The number of alkyl halides is 3. The van der Waals surface area contributed by atoms with Crippen LogP contribution in [0.4, 0.5) is 24.5 Å². The number of carbonyl (C=O) groups is 4. The molecule has 3 aliphatic rings. The first-order valence-electron chi connectivity index (χ1n) is 10.6. The van der Waals surface area contributed by atoms with Crippen molar-refractivity contribution in [1.82, 2.24) is 0 Å². The molecule has 2 bridgehead atoms. The van der Waals surface area contributed by atoms with E-state index in [4.69, 9.17) is 4.74 Å². The molecule has 7 nitrogen and oxygen atoms in total. The van der Waals surface area contributed by atoms with E-state index in [1.54, 1.807) is 0 Å². The summed E-state index contributed by atoms with van der Waals surface area (Å²) in [7, 11) is 0. The normalized spacial score (nSPS) is 26.1. The van der Waals surface area contributed by atoms with Crippen molar-refractivity contribution in [2.24, 2.45) is 17.8 Å². The zero-order chi connectivity index (χ0) is 23.2. The lowest BCUT2D eigenvalue weighted by atomic mass is 9.67. The summed E-state index contributed by atoms with van der Waals surface area (Å²) in [5.74, 6) is -2.48. The highest BCUT2D eigenvalue weighted by Crippen LogP contribution is 2.41. The largest absolute Gasteiger partial charge is 0.452 e. The predicted molar refractivity (Wildman–Crippen MR) is 107 cm³/mol. The maximum Gasteiger partial charge on any atom is 0.416 e. The number of rotatable bonds is 3. The Morgan fingerprint density at radius 2 is 1.81 bits per heavy atom. The number of anilines is 2. The topological polar surface area (TPSA) is 92.8 Å². The molecule has 4 rings (SSSR count). The van der Waals surface area contributed by atoms with Crippen molar-refractivity contribution >= 4 is 34.9 Å². The fourth-order valence-corrected chi connectivity index (χ4v) is 4.88. The van der Waals surface area contributed by atoms with Gasteiger partial charge in [0.25, 0.3) is 5.91 Å². The van der Waals surface area contributed by atoms with Gasteiger partial charge in [0.1, 0.15) is 12.3 Å². The molecule has 0 saturated heterocycles. The third-order valence-electron chi connectivity index (χ3n) is 6.48. The zero-order valence-corrected chi connectivity index (χ0v) is 17.4. The third kappa shape index (κ3) is 4.22. The summed E-state index contributed by atoms with van der Waals surface area (Å²) in [4.78, 5) is 50.9. The summed E-state index contributed by atoms with van der Waals surface area (Å²) < 4.78 is 44.4. The van der Waals surface area contributed by atoms with Crippen LogP contribution in [0, 0.1) is 17.8 Å². The maximum absolute atomic E-state index is 13.0. The summed E-state index contributed by atoms with van der Waals surface area (Å²) in [5.41, 5.74) is -0.993. The summed E-state index contributed by atoms with van der Waals surface area (Å²) in [5, 5.41) is 2.34. The van der Waals surface area contributed by atoms with Crippen LogP contribution in [0.2, 0.25) is 0 Å². The first-order chi connectivity index (χ1) is 15.0. The van der Waals surface area contributed by atoms with Gasteiger partial charge >= 0.3 is 12.1 Å². The highest BCUT2D eigenvalue weighted by Gasteiger charge is 2.43. The number of hydrogen-bond acceptors (Lipinski definition) is 5. The van der Waals surface area contributed by atoms with Crippen LogP contribution in [0.3, 0.4) is 0 Å². The Morgan fingerprint density at radius 3 is 2.44 bits per heavy atom. The van der Waals surface area contributed by atoms with E-state index in [-0.39, 0.29) is 29.0 Å². The molecule has 1 aliphatic heterocycles. The van der Waals surface area contributed by atoms with Crippen LogP contribution < -0.4 is 10.2 Å². The van der Waals surface area contributed by atoms with Gasteiger partial charge in [0, 0.05) is 11.8 Å². The minimum absolute atomic E-state index is 0.100. The molecule has 0 radical (unpaired) electrons. The molecule has 1 heterocycles. The molecule has 2 aliphatic carbocycles. The monoisotopic (exact) mass is 452 g/mol. The number of benzene rings is 1. The van der Waals surface area contributed by atoms with Crippen molar-refractivity contribution in [2.45, 2.75) is 51.3 Å². The molecular formula is C22H23F3N2O5. The molecule has 32 heavy (non-hydrogen) atoms. The predicted octanol–water partition coefficient (Wildman–Crippen LogP) is 3.32. The maximum atomic E-state index is 13.0. The molecule has 0 spiro atoms. The summed E-state index contributed by atoms with van der Waals surface area (Å²) in [6.07, 6.45) is -2.55. The second-order valence-corrected chi connectivity index (χ2v) is 8.68. The van der Waals surface area contributed by atoms with Gasteiger partial charge in [-0.3, -0.25) is 24.1 Å². The number of carbonyl (C=O) groups excluding carboxylic acids is 4. The second-order valence-electron chi connectivity index (χ2n) is 8.68. The second kappa shape index (κ2) is 8.22. The Balaban J connectivity index is 1.47. The zero-order valence-electron chi connectivity index (χ0n) is 17.4. The van der Waals surface area contributed by atoms with Gasteiger partial charge in [-0.05, 0) is 50.8 Å². The number of nitrogens with zero attached hydrogens (tertiary/aromatic N) is 1. The minimum Gasteiger partial charge on any atom is -0.452 e. The standard InChI is InChI=1S/C22H23F3N2O5/c1-11(32-21(31)14-7-12-3-2-4-13(8-14)19(12)29)20(30)27-10-18(28)26-16-9-15(22(23,24)25)5-6-17(16)27/h5-6,9,11-14H,2-4,7-8,10H2,1H3,(H,26,28)/t11-,12-,13+,14?/m1/s1. The lowest BCUT2D eigenvalue weighted by molar-refractivity contribution is -0.161. The van der Waals surface area contributed by atoms with Crippen LogP contribution in [0.5, 0.6) is 0 Å². The molecular weight excluding hydrogens is 429 g/mol. The third-order valence-corrected chi connectivity index (χ3v) is 6.48. The smallest absolute Gasteiger partial charge is 0.416 e. The van der Waals surface area contributed by atoms with Crippen LogP contribution >= 0.6 is 0 Å². The number of ether oxygens (including phenoxy) is 1. The Labute approximate surface area is 182 Å². The molecule has 1 unspecified atom stereocenters. The van der Waals surface area contributed by atoms with E-state index in [1.807, 2.05) is 0 Å². The number of Topliss-reactive ketones (excluding diaryl/α,β-unsaturated/α-hetero) is 1. The van der Waals surface area contributed by atoms with E-state index >= 15 is 0 Å². The van der Waals surface area contributed by atoms with Gasteiger partial charge in [-0.15, -0.1) is 0 Å². The van der Waals surface area contributed by atoms with Gasteiger partial charge in [-0.25, -0.2) is 0 Å². The van der Waals surface area contributed by atoms with Crippen LogP contribution in [-0.2, 0) is 30.1 Å². The Kier molecular flexibility index (Phi) is 5.72. The fraction of sp³-hybridized carbons (Fsp3) is 0.545. The first-order valence-corrected chi connectivity index (χ1v) is 10.6. The highest BCUT2D eigenvalue weighted by molar-refractivity contribution is 6.11. The molecule has 1 aromatic carbocycles. The van der Waals surface area contributed by atoms with Gasteiger partial charge in [0.15, 0.2) is 6.10 Å². The average molecular weight is 452 g/mol. The Hall–Kier alpha value is -2.91. The number of amides is 2. The quantitative estimate of drug-likeness (QED) is 0.711. The van der Waals surface area contributed by atoms with Crippen molar-refractivity contribution < 1.29 is 37.1 Å². The highest BCUT2D eigenvalue weighted by atomic mass is 19.4. The number of hydrogen-bond donors (Lipinski definition) is 1. The Bertz CT molecular complexity index is 961. The first kappa shape index (κ1) is 22.3. The number of esters is 1. The van der Waals surface area contributed by atoms with E-state index < -0.39 is 48.1 Å². The number of ketones is 1. The van der Waals surface area contributed by atoms with Crippen LogP contribution in [0.1, 0.15) is 44.6 Å². The van der Waals surface area contributed by atoms with E-state index in [9.17, 15) is 32.3 Å². The van der Waals surface area contributed by atoms with Crippen LogP contribution in [0.25, 0.3) is 0 Å². The molecule has 4 atom stereocenters. The van der Waals surface area contributed by atoms with E-state index in [1.165, 1.54) is 6.92 Å². The Morgan fingerprint density at radius 1 is 1.16 bits per heavy atom. The molecule has 2 saturated carbocycles. The number of nitrogens with one attached hydrogen (secondary N) is 1. The van der Waals surface area contributed by atoms with Gasteiger partial charge in [-0.1, -0.05) is 6.42 Å². The van der Waals surface area contributed by atoms with Gasteiger partial charge in [-0.2, -0.15) is 13.2 Å². The molecule has 1 aromatic rings. The van der Waals surface area contributed by atoms with Crippen LogP contribution in [0.15, 0.2) is 18.2 Å². The van der Waals surface area contributed by atoms with E-state index in [0.29, 0.717) is 12.8 Å². The molecule has 2 amide bonds. The fourth-order valence-electron chi connectivity index (χ4n) is 4.88. The molecule has 0 aromatic heterocycles. The summed E-state index contributed by atoms with van der Waals surface area (Å²) >= 11 is 0. The van der Waals surface area contributed by atoms with Crippen molar-refractivity contribution in [2.75, 3.05) is 16.8 Å². The van der Waals surface area contributed by atoms with E-state index in [0.717, 1.165) is 42.4 Å². The SMILES string of the molecule is C[C@@H](OC(=O)C1C[C@H]2CCC[C@@H](C1)C2=O)C(=O)N1CC(=O)Nc2cc(C(F)(F)F)ccc21. The van der Waals surface area contributed by atoms with Crippen molar-refractivity contribution in [1.29, 1.82) is 0 Å². The number of fused-ring (bicyclic) bond motifs is 3. The van der Waals surface area contributed by atoms with Gasteiger partial charge in [0.2, 0.25) is 5.91 Å². The molecule has 1 N–H and O–H groups in total. The van der Waals surface area contributed by atoms with Gasteiger partial charge in [0.05, 0.1) is 22.9 Å². The van der Waals surface area contributed by atoms with Crippen molar-refractivity contribution in [3.05, 3.63) is 23.8 Å². The summed E-state index contributed by atoms with van der Waals surface area (Å²) in [6, 6.07) is 2.70. The average Bonchev–Trinajstić information content (AvgIpc) is 2.71. The summed E-state index contributed by atoms with van der Waals surface area (Å²) in [6.45, 7) is 0.965. The molecule has 10 heteroatoms. The van der Waals surface area contributed by atoms with Gasteiger partial charge < -0.3 is 10.1 Å². The van der Waals surface area contributed by atoms with Crippen molar-refractivity contribution in [3.63, 3.8) is 0 Å². The lowest BCUT2D eigenvalue weighted by Crippen LogP contribution is -2.48. The molecule has 2 fully saturated rings. The van der Waals surface area contributed by atoms with E-state index in [2.05, 4.69) is 5.32 Å².